The van der Waals surface area contributed by atoms with E-state index in [1.165, 1.54) is 11.1 Å². The van der Waals surface area contributed by atoms with Gasteiger partial charge in [-0.15, -0.1) is 0 Å². The number of nitrogens with two attached hydrogens (primary N) is 1. The SMILES string of the molecule is CCN(CCN)Cc1cc(Cl)cc2c1OCC2. The Hall–Kier alpha value is -0.770. The maximum atomic E-state index is 6.13. The fourth-order valence-corrected chi connectivity index (χ4v) is 2.50. The summed E-state index contributed by atoms with van der Waals surface area (Å²) in [7, 11) is 0. The van der Waals surface area contributed by atoms with E-state index in [2.05, 4.69) is 11.8 Å². The van der Waals surface area contributed by atoms with Gasteiger partial charge in [-0.05, 0) is 24.2 Å². The van der Waals surface area contributed by atoms with Crippen LogP contribution in [0.25, 0.3) is 0 Å². The Morgan fingerprint density at radius 1 is 1.47 bits per heavy atom. The van der Waals surface area contributed by atoms with Crippen molar-refractivity contribution in [3.8, 4) is 5.75 Å². The van der Waals surface area contributed by atoms with Gasteiger partial charge in [0.1, 0.15) is 5.75 Å². The fraction of sp³-hybridized carbons (Fsp3) is 0.538. The summed E-state index contributed by atoms with van der Waals surface area (Å²) in [6, 6.07) is 4.01. The topological polar surface area (TPSA) is 38.5 Å². The lowest BCUT2D eigenvalue weighted by atomic mass is 10.1. The van der Waals surface area contributed by atoms with E-state index in [1.807, 2.05) is 12.1 Å². The van der Waals surface area contributed by atoms with Crippen LogP contribution in [0, 0.1) is 0 Å². The smallest absolute Gasteiger partial charge is 0.127 e. The van der Waals surface area contributed by atoms with Crippen LogP contribution in [-0.4, -0.2) is 31.1 Å². The predicted octanol–water partition coefficient (Wildman–Crippen LogP) is 2.06. The zero-order chi connectivity index (χ0) is 12.3. The first-order chi connectivity index (χ1) is 8.24. The molecule has 0 radical (unpaired) electrons. The van der Waals surface area contributed by atoms with E-state index < -0.39 is 0 Å². The minimum atomic E-state index is 0.678. The van der Waals surface area contributed by atoms with Crippen LogP contribution in [0.15, 0.2) is 12.1 Å². The second kappa shape index (κ2) is 5.71. The van der Waals surface area contributed by atoms with Crippen molar-refractivity contribution < 1.29 is 4.74 Å². The molecule has 0 unspecified atom stereocenters. The van der Waals surface area contributed by atoms with Crippen LogP contribution in [0.4, 0.5) is 0 Å². The largest absolute Gasteiger partial charge is 0.493 e. The number of nitrogens with zero attached hydrogens (tertiary/aromatic N) is 1. The van der Waals surface area contributed by atoms with Crippen LogP contribution in [0.1, 0.15) is 18.1 Å². The lowest BCUT2D eigenvalue weighted by Crippen LogP contribution is -2.29. The Morgan fingerprint density at radius 3 is 3.00 bits per heavy atom. The van der Waals surface area contributed by atoms with Crippen molar-refractivity contribution in [3.05, 3.63) is 28.3 Å². The Bertz CT molecular complexity index is 395. The molecule has 0 aliphatic carbocycles. The van der Waals surface area contributed by atoms with E-state index in [4.69, 9.17) is 22.1 Å². The van der Waals surface area contributed by atoms with Crippen molar-refractivity contribution in [3.63, 3.8) is 0 Å². The van der Waals surface area contributed by atoms with Crippen LogP contribution in [-0.2, 0) is 13.0 Å². The molecule has 0 saturated carbocycles. The van der Waals surface area contributed by atoms with E-state index in [9.17, 15) is 0 Å². The predicted molar refractivity (Wildman–Crippen MR) is 70.7 cm³/mol. The van der Waals surface area contributed by atoms with Gasteiger partial charge < -0.3 is 10.5 Å². The van der Waals surface area contributed by atoms with Crippen LogP contribution < -0.4 is 10.5 Å². The van der Waals surface area contributed by atoms with Gasteiger partial charge in [0.2, 0.25) is 0 Å². The van der Waals surface area contributed by atoms with Crippen molar-refractivity contribution in [1.82, 2.24) is 4.90 Å². The number of hydrogen-bond donors (Lipinski definition) is 1. The van der Waals surface area contributed by atoms with Gasteiger partial charge in [-0.2, -0.15) is 0 Å². The molecular formula is C13H19ClN2O. The summed E-state index contributed by atoms with van der Waals surface area (Å²) in [5, 5.41) is 0.799. The Kier molecular flexibility index (Phi) is 4.26. The molecule has 0 saturated heterocycles. The van der Waals surface area contributed by atoms with Gasteiger partial charge in [-0.1, -0.05) is 18.5 Å². The van der Waals surface area contributed by atoms with Gasteiger partial charge in [0.25, 0.3) is 0 Å². The molecule has 0 atom stereocenters. The first kappa shape index (κ1) is 12.7. The molecule has 0 spiro atoms. The fourth-order valence-electron chi connectivity index (χ4n) is 2.24. The number of fused-ring (bicyclic) bond motifs is 1. The van der Waals surface area contributed by atoms with Crippen LogP contribution in [0.2, 0.25) is 5.02 Å². The summed E-state index contributed by atoms with van der Waals surface area (Å²) >= 11 is 6.13. The number of halogens is 1. The zero-order valence-corrected chi connectivity index (χ0v) is 11.0. The molecule has 94 valence electrons. The molecule has 0 amide bonds. The van der Waals surface area contributed by atoms with Gasteiger partial charge in [-0.3, -0.25) is 4.90 Å². The summed E-state index contributed by atoms with van der Waals surface area (Å²) in [5.41, 5.74) is 8.02. The molecule has 0 fully saturated rings. The number of likely N-dealkylation sites (N-methyl/N-ethyl adjacent to an activating group) is 1. The number of benzene rings is 1. The van der Waals surface area contributed by atoms with Gasteiger partial charge in [0.15, 0.2) is 0 Å². The highest BCUT2D eigenvalue weighted by Gasteiger charge is 2.18. The van der Waals surface area contributed by atoms with Crippen LogP contribution in [0.3, 0.4) is 0 Å². The van der Waals surface area contributed by atoms with Crippen molar-refractivity contribution in [1.29, 1.82) is 0 Å². The minimum Gasteiger partial charge on any atom is -0.493 e. The highest BCUT2D eigenvalue weighted by Crippen LogP contribution is 2.33. The molecule has 2 rings (SSSR count). The molecule has 1 heterocycles. The maximum Gasteiger partial charge on any atom is 0.127 e. The van der Waals surface area contributed by atoms with Crippen LogP contribution >= 0.6 is 11.6 Å². The van der Waals surface area contributed by atoms with E-state index in [-0.39, 0.29) is 0 Å². The average Bonchev–Trinajstić information content (AvgIpc) is 2.76. The van der Waals surface area contributed by atoms with Gasteiger partial charge >= 0.3 is 0 Å². The Morgan fingerprint density at radius 2 is 2.29 bits per heavy atom. The summed E-state index contributed by atoms with van der Waals surface area (Å²) in [6.45, 7) is 6.33. The highest BCUT2D eigenvalue weighted by molar-refractivity contribution is 6.30. The first-order valence-corrected chi connectivity index (χ1v) is 6.49. The second-order valence-corrected chi connectivity index (χ2v) is 4.75. The van der Waals surface area contributed by atoms with Crippen molar-refractivity contribution in [2.24, 2.45) is 5.73 Å². The molecule has 4 heteroatoms. The van der Waals surface area contributed by atoms with Gasteiger partial charge in [0.05, 0.1) is 6.61 Å². The van der Waals surface area contributed by atoms with Crippen molar-refractivity contribution in [2.45, 2.75) is 19.9 Å². The molecule has 0 bridgehead atoms. The molecule has 3 nitrogen and oxygen atoms in total. The molecule has 17 heavy (non-hydrogen) atoms. The molecule has 0 aromatic heterocycles. The monoisotopic (exact) mass is 254 g/mol. The molecule has 1 aromatic carbocycles. The van der Waals surface area contributed by atoms with E-state index >= 15 is 0 Å². The van der Waals surface area contributed by atoms with Crippen LogP contribution in [0.5, 0.6) is 5.75 Å². The maximum absolute atomic E-state index is 6.13. The van der Waals surface area contributed by atoms with E-state index in [0.717, 1.165) is 43.4 Å². The van der Waals surface area contributed by atoms with Crippen molar-refractivity contribution in [2.75, 3.05) is 26.2 Å². The third-order valence-electron chi connectivity index (χ3n) is 3.11. The molecule has 1 aliphatic rings. The number of ether oxygens (including phenoxy) is 1. The summed E-state index contributed by atoms with van der Waals surface area (Å²) in [4.78, 5) is 2.30. The Labute approximate surface area is 107 Å². The first-order valence-electron chi connectivity index (χ1n) is 6.11. The molecule has 1 aromatic rings. The third kappa shape index (κ3) is 2.92. The third-order valence-corrected chi connectivity index (χ3v) is 3.33. The summed E-state index contributed by atoms with van der Waals surface area (Å²) in [5.74, 6) is 1.03. The lowest BCUT2D eigenvalue weighted by molar-refractivity contribution is 0.279. The summed E-state index contributed by atoms with van der Waals surface area (Å²) in [6.07, 6.45) is 0.964. The van der Waals surface area contributed by atoms with Crippen molar-refractivity contribution >= 4 is 11.6 Å². The molecule has 2 N–H and O–H groups in total. The standard InChI is InChI=1S/C13H19ClN2O/c1-2-16(5-4-15)9-11-8-12(14)7-10-3-6-17-13(10)11/h7-8H,2-6,9,15H2,1H3. The van der Waals surface area contributed by atoms with Gasteiger partial charge in [0, 0.05) is 36.6 Å². The molecule has 1 aliphatic heterocycles. The zero-order valence-electron chi connectivity index (χ0n) is 10.2. The van der Waals surface area contributed by atoms with E-state index in [0.29, 0.717) is 6.54 Å². The Balaban J connectivity index is 2.20. The second-order valence-electron chi connectivity index (χ2n) is 4.31. The highest BCUT2D eigenvalue weighted by atomic mass is 35.5. The molecular weight excluding hydrogens is 236 g/mol. The average molecular weight is 255 g/mol. The quantitative estimate of drug-likeness (QED) is 0.874. The van der Waals surface area contributed by atoms with Gasteiger partial charge in [-0.25, -0.2) is 0 Å². The lowest BCUT2D eigenvalue weighted by Gasteiger charge is -2.20. The minimum absolute atomic E-state index is 0.678. The van der Waals surface area contributed by atoms with E-state index in [1.54, 1.807) is 0 Å². The number of hydrogen-bond acceptors (Lipinski definition) is 3. The number of rotatable bonds is 5. The summed E-state index contributed by atoms with van der Waals surface area (Å²) < 4.78 is 5.69. The normalized spacial score (nSPS) is 13.9.